The van der Waals surface area contributed by atoms with Crippen LogP contribution in [0.4, 0.5) is 0 Å². The van der Waals surface area contributed by atoms with E-state index in [1.165, 1.54) is 0 Å². The second-order valence-corrected chi connectivity index (χ2v) is 4.01. The van der Waals surface area contributed by atoms with Crippen LogP contribution in [0.15, 0.2) is 40.2 Å². The van der Waals surface area contributed by atoms with Crippen molar-refractivity contribution in [3.05, 3.63) is 47.9 Å². The zero-order valence-electron chi connectivity index (χ0n) is 11.1. The van der Waals surface area contributed by atoms with Gasteiger partial charge in [-0.1, -0.05) is 0 Å². The van der Waals surface area contributed by atoms with Crippen molar-refractivity contribution >= 4 is 5.96 Å². The molecule has 2 N–H and O–H groups in total. The summed E-state index contributed by atoms with van der Waals surface area (Å²) in [5, 5.41) is 6.34. The van der Waals surface area contributed by atoms with Gasteiger partial charge in [-0.15, -0.1) is 0 Å². The first-order chi connectivity index (χ1) is 9.28. The molecule has 6 heteroatoms. The highest BCUT2D eigenvalue weighted by molar-refractivity contribution is 5.79. The van der Waals surface area contributed by atoms with Crippen LogP contribution in [-0.4, -0.2) is 23.0 Å². The second kappa shape index (κ2) is 6.53. The number of guanidine groups is 1. The van der Waals surface area contributed by atoms with Crippen molar-refractivity contribution < 1.29 is 4.42 Å². The smallest absolute Gasteiger partial charge is 0.191 e. The first kappa shape index (κ1) is 13.1. The molecule has 0 fully saturated rings. The maximum Gasteiger partial charge on any atom is 0.191 e. The van der Waals surface area contributed by atoms with Crippen molar-refractivity contribution in [1.29, 1.82) is 0 Å². The standard InChI is InChI=1S/C13H17N5O/c1-10-6-11(18-9-17-10)7-15-13(14-2)16-8-12-4-3-5-19-12/h3-6,9H,7-8H2,1-2H3,(H2,14,15,16). The Kier molecular flexibility index (Phi) is 4.49. The third-order valence-electron chi connectivity index (χ3n) is 2.53. The second-order valence-electron chi connectivity index (χ2n) is 4.01. The van der Waals surface area contributed by atoms with Crippen LogP contribution < -0.4 is 10.6 Å². The Morgan fingerprint density at radius 3 is 2.84 bits per heavy atom. The van der Waals surface area contributed by atoms with E-state index in [1.54, 1.807) is 19.6 Å². The summed E-state index contributed by atoms with van der Waals surface area (Å²) in [5.74, 6) is 1.56. The van der Waals surface area contributed by atoms with E-state index in [9.17, 15) is 0 Å². The van der Waals surface area contributed by atoms with Gasteiger partial charge in [-0.25, -0.2) is 9.97 Å². The van der Waals surface area contributed by atoms with Crippen molar-refractivity contribution in [2.24, 2.45) is 4.99 Å². The molecule has 0 spiro atoms. The summed E-state index contributed by atoms with van der Waals surface area (Å²) in [4.78, 5) is 12.4. The van der Waals surface area contributed by atoms with Crippen LogP contribution in [0, 0.1) is 6.92 Å². The number of hydrogen-bond donors (Lipinski definition) is 2. The van der Waals surface area contributed by atoms with E-state index in [0.717, 1.165) is 17.1 Å². The van der Waals surface area contributed by atoms with Crippen molar-refractivity contribution in [2.75, 3.05) is 7.05 Å². The summed E-state index contributed by atoms with van der Waals surface area (Å²) in [6.07, 6.45) is 3.21. The van der Waals surface area contributed by atoms with Crippen LogP contribution in [0.1, 0.15) is 17.1 Å². The van der Waals surface area contributed by atoms with Crippen molar-refractivity contribution in [3.8, 4) is 0 Å². The summed E-state index contributed by atoms with van der Waals surface area (Å²) >= 11 is 0. The van der Waals surface area contributed by atoms with Crippen LogP contribution in [0.25, 0.3) is 0 Å². The molecule has 0 aliphatic carbocycles. The van der Waals surface area contributed by atoms with Crippen LogP contribution in [-0.2, 0) is 13.1 Å². The average Bonchev–Trinajstić information content (AvgIpc) is 2.92. The first-order valence-electron chi connectivity index (χ1n) is 6.02. The van der Waals surface area contributed by atoms with Crippen molar-refractivity contribution in [1.82, 2.24) is 20.6 Å². The lowest BCUT2D eigenvalue weighted by Gasteiger charge is -2.10. The minimum atomic E-state index is 0.593. The van der Waals surface area contributed by atoms with Gasteiger partial charge in [0.05, 0.1) is 25.0 Å². The number of furan rings is 1. The number of aromatic nitrogens is 2. The molecule has 19 heavy (non-hydrogen) atoms. The molecule has 0 atom stereocenters. The fraction of sp³-hybridized carbons (Fsp3) is 0.308. The van der Waals surface area contributed by atoms with E-state index < -0.39 is 0 Å². The number of hydrogen-bond acceptors (Lipinski definition) is 4. The number of aliphatic imine (C=N–C) groups is 1. The van der Waals surface area contributed by atoms with E-state index in [1.807, 2.05) is 25.1 Å². The SMILES string of the molecule is CN=C(NCc1cc(C)ncn1)NCc1ccco1. The third-order valence-corrected chi connectivity index (χ3v) is 2.53. The molecule has 0 radical (unpaired) electrons. The van der Waals surface area contributed by atoms with Gasteiger partial charge in [0.2, 0.25) is 0 Å². The summed E-state index contributed by atoms with van der Waals surface area (Å²) in [7, 11) is 1.72. The lowest BCUT2D eigenvalue weighted by atomic mass is 10.3. The van der Waals surface area contributed by atoms with Crippen molar-refractivity contribution in [3.63, 3.8) is 0 Å². The monoisotopic (exact) mass is 259 g/mol. The number of aryl methyl sites for hydroxylation is 1. The van der Waals surface area contributed by atoms with Gasteiger partial charge in [0.1, 0.15) is 12.1 Å². The average molecular weight is 259 g/mol. The topological polar surface area (TPSA) is 75.3 Å². The number of nitrogens with one attached hydrogen (secondary N) is 2. The lowest BCUT2D eigenvalue weighted by molar-refractivity contribution is 0.501. The van der Waals surface area contributed by atoms with Crippen molar-refractivity contribution in [2.45, 2.75) is 20.0 Å². The zero-order valence-corrected chi connectivity index (χ0v) is 11.1. The molecule has 0 aliphatic heterocycles. The molecule has 0 aromatic carbocycles. The summed E-state index contributed by atoms with van der Waals surface area (Å²) in [5.41, 5.74) is 1.87. The molecule has 0 aliphatic rings. The Labute approximate surface area is 112 Å². The van der Waals surface area contributed by atoms with Gasteiger partial charge in [0, 0.05) is 12.7 Å². The Balaban J connectivity index is 1.83. The van der Waals surface area contributed by atoms with Gasteiger partial charge in [-0.05, 0) is 25.1 Å². The summed E-state index contributed by atoms with van der Waals surface area (Å²) in [6, 6.07) is 5.71. The molecule has 0 unspecified atom stereocenters. The predicted octanol–water partition coefficient (Wildman–Crippen LogP) is 1.24. The van der Waals surface area contributed by atoms with E-state index >= 15 is 0 Å². The van der Waals surface area contributed by atoms with Gasteiger partial charge in [0.25, 0.3) is 0 Å². The summed E-state index contributed by atoms with van der Waals surface area (Å²) < 4.78 is 5.24. The molecule has 0 bridgehead atoms. The highest BCUT2D eigenvalue weighted by Crippen LogP contribution is 1.99. The number of nitrogens with zero attached hydrogens (tertiary/aromatic N) is 3. The Morgan fingerprint density at radius 1 is 1.32 bits per heavy atom. The fourth-order valence-electron chi connectivity index (χ4n) is 1.59. The van der Waals surface area contributed by atoms with Gasteiger partial charge < -0.3 is 15.1 Å². The Bertz CT molecular complexity index is 536. The maximum atomic E-state index is 5.24. The van der Waals surface area contributed by atoms with Gasteiger partial charge in [-0.3, -0.25) is 4.99 Å². The summed E-state index contributed by atoms with van der Waals surface area (Å²) in [6.45, 7) is 3.13. The molecule has 2 aromatic heterocycles. The molecular formula is C13H17N5O. The third kappa shape index (κ3) is 4.09. The van der Waals surface area contributed by atoms with Crippen LogP contribution >= 0.6 is 0 Å². The Hall–Kier alpha value is -2.37. The largest absolute Gasteiger partial charge is 0.467 e. The normalized spacial score (nSPS) is 11.4. The fourth-order valence-corrected chi connectivity index (χ4v) is 1.59. The molecular weight excluding hydrogens is 242 g/mol. The van der Waals surface area contributed by atoms with E-state index in [4.69, 9.17) is 4.42 Å². The molecule has 2 rings (SSSR count). The Morgan fingerprint density at radius 2 is 2.16 bits per heavy atom. The molecule has 100 valence electrons. The lowest BCUT2D eigenvalue weighted by Crippen LogP contribution is -2.36. The zero-order chi connectivity index (χ0) is 13.5. The van der Waals surface area contributed by atoms with Crippen LogP contribution in [0.5, 0.6) is 0 Å². The highest BCUT2D eigenvalue weighted by atomic mass is 16.3. The molecule has 0 amide bonds. The molecule has 6 nitrogen and oxygen atoms in total. The van der Waals surface area contributed by atoms with E-state index in [2.05, 4.69) is 25.6 Å². The molecule has 2 heterocycles. The minimum Gasteiger partial charge on any atom is -0.467 e. The van der Waals surface area contributed by atoms with Crippen LogP contribution in [0.2, 0.25) is 0 Å². The highest BCUT2D eigenvalue weighted by Gasteiger charge is 2.01. The molecule has 0 saturated carbocycles. The predicted molar refractivity (Wildman–Crippen MR) is 72.5 cm³/mol. The van der Waals surface area contributed by atoms with E-state index in [-0.39, 0.29) is 0 Å². The van der Waals surface area contributed by atoms with Gasteiger partial charge in [0.15, 0.2) is 5.96 Å². The van der Waals surface area contributed by atoms with Crippen LogP contribution in [0.3, 0.4) is 0 Å². The van der Waals surface area contributed by atoms with Gasteiger partial charge in [-0.2, -0.15) is 0 Å². The first-order valence-corrected chi connectivity index (χ1v) is 6.02. The molecule has 2 aromatic rings. The number of rotatable bonds is 4. The maximum absolute atomic E-state index is 5.24. The quantitative estimate of drug-likeness (QED) is 0.638. The van der Waals surface area contributed by atoms with E-state index in [0.29, 0.717) is 19.0 Å². The molecule has 0 saturated heterocycles. The minimum absolute atomic E-state index is 0.593. The van der Waals surface area contributed by atoms with Gasteiger partial charge >= 0.3 is 0 Å².